The third-order valence-electron chi connectivity index (χ3n) is 12.8. The van der Waals surface area contributed by atoms with Crippen molar-refractivity contribution in [2.24, 2.45) is 17.8 Å². The van der Waals surface area contributed by atoms with Crippen LogP contribution in [-0.4, -0.2) is 15.0 Å². The van der Waals surface area contributed by atoms with Crippen LogP contribution in [0.15, 0.2) is 136 Å². The van der Waals surface area contributed by atoms with Crippen LogP contribution in [0.4, 0.5) is 0 Å². The van der Waals surface area contributed by atoms with Crippen molar-refractivity contribution < 1.29 is 8.83 Å². The molecule has 3 heterocycles. The molecule has 6 aromatic carbocycles. The van der Waals surface area contributed by atoms with E-state index in [1.54, 1.807) is 0 Å². The largest absolute Gasteiger partial charge is 0.456 e. The number of para-hydroxylation sites is 2. The number of nitrogens with zero attached hydrogens (tertiary/aromatic N) is 4. The summed E-state index contributed by atoms with van der Waals surface area (Å²) < 4.78 is 13.2. The fraction of sp³-hybridized carbons (Fsp3) is 0.216. The molecule has 2 bridgehead atoms. The van der Waals surface area contributed by atoms with Crippen LogP contribution in [0.5, 0.6) is 0 Å². The topological polar surface area (TPSA) is 88.7 Å². The molecule has 3 aliphatic carbocycles. The van der Waals surface area contributed by atoms with Gasteiger partial charge in [0.15, 0.2) is 17.5 Å². The second-order valence-corrected chi connectivity index (χ2v) is 16.9. The van der Waals surface area contributed by atoms with E-state index in [0.717, 1.165) is 83.5 Å². The van der Waals surface area contributed by atoms with Gasteiger partial charge in [-0.2, -0.15) is 5.26 Å². The SMILES string of the molecule is C[C@H]1CC2CC(C2)CC(C)(c2cccc3c2oc2cc(-c4nc(-c5ccc6c(c5)oc5ccccc56)nc(-c5ccccc5-c5ccc(C#N)cc5)n4)ccc23)C1. The minimum absolute atomic E-state index is 0.0625. The van der Waals surface area contributed by atoms with Crippen LogP contribution < -0.4 is 0 Å². The van der Waals surface area contributed by atoms with Gasteiger partial charge in [-0.15, -0.1) is 0 Å². The Morgan fingerprint density at radius 2 is 1.18 bits per heavy atom. The Balaban J connectivity index is 1.07. The molecule has 3 aromatic heterocycles. The number of nitriles is 1. The number of hydrogen-bond donors (Lipinski definition) is 0. The highest BCUT2D eigenvalue weighted by atomic mass is 16.3. The Bertz CT molecular complexity index is 3070. The Kier molecular flexibility index (Phi) is 7.69. The zero-order valence-electron chi connectivity index (χ0n) is 32.0. The van der Waals surface area contributed by atoms with E-state index in [2.05, 4.69) is 80.6 Å². The van der Waals surface area contributed by atoms with Gasteiger partial charge < -0.3 is 8.83 Å². The van der Waals surface area contributed by atoms with Gasteiger partial charge in [-0.05, 0) is 109 Å². The zero-order valence-corrected chi connectivity index (χ0v) is 32.0. The first-order chi connectivity index (χ1) is 27.9. The van der Waals surface area contributed by atoms with E-state index in [4.69, 9.17) is 23.8 Å². The number of fused-ring (bicyclic) bond motifs is 10. The van der Waals surface area contributed by atoms with Crippen molar-refractivity contribution >= 4 is 43.9 Å². The summed E-state index contributed by atoms with van der Waals surface area (Å²) in [5, 5.41) is 13.8. The second kappa shape index (κ2) is 13.0. The van der Waals surface area contributed by atoms with Gasteiger partial charge in [-0.25, -0.2) is 15.0 Å². The van der Waals surface area contributed by atoms with Crippen molar-refractivity contribution in [3.05, 3.63) is 139 Å². The maximum Gasteiger partial charge on any atom is 0.164 e. The highest BCUT2D eigenvalue weighted by Crippen LogP contribution is 2.52. The monoisotopic (exact) mass is 740 g/mol. The van der Waals surface area contributed by atoms with Crippen LogP contribution in [0.2, 0.25) is 0 Å². The van der Waals surface area contributed by atoms with E-state index < -0.39 is 0 Å². The van der Waals surface area contributed by atoms with Gasteiger partial charge in [0.1, 0.15) is 22.3 Å². The minimum Gasteiger partial charge on any atom is -0.456 e. The Morgan fingerprint density at radius 3 is 1.93 bits per heavy atom. The van der Waals surface area contributed by atoms with Crippen LogP contribution >= 0.6 is 0 Å². The van der Waals surface area contributed by atoms with E-state index in [1.807, 2.05) is 66.7 Å². The van der Waals surface area contributed by atoms with Crippen molar-refractivity contribution in [2.45, 2.75) is 51.4 Å². The molecule has 276 valence electrons. The first-order valence-corrected chi connectivity index (χ1v) is 20.1. The summed E-state index contributed by atoms with van der Waals surface area (Å²) in [5.41, 5.74) is 9.94. The lowest BCUT2D eigenvalue weighted by Crippen LogP contribution is -2.38. The van der Waals surface area contributed by atoms with Gasteiger partial charge in [0, 0.05) is 43.8 Å². The number of furan rings is 2. The van der Waals surface area contributed by atoms with Crippen LogP contribution in [-0.2, 0) is 5.41 Å². The van der Waals surface area contributed by atoms with E-state index >= 15 is 0 Å². The summed E-state index contributed by atoms with van der Waals surface area (Å²) in [4.78, 5) is 15.5. The van der Waals surface area contributed by atoms with Crippen molar-refractivity contribution in [1.82, 2.24) is 15.0 Å². The quantitative estimate of drug-likeness (QED) is 0.175. The number of hydrogen-bond acceptors (Lipinski definition) is 6. The highest BCUT2D eigenvalue weighted by Gasteiger charge is 2.42. The molecule has 0 N–H and O–H groups in total. The molecule has 1 unspecified atom stereocenters. The summed E-state index contributed by atoms with van der Waals surface area (Å²) in [6.45, 7) is 4.92. The third kappa shape index (κ3) is 5.72. The number of rotatable bonds is 5. The van der Waals surface area contributed by atoms with Crippen LogP contribution in [0, 0.1) is 29.1 Å². The van der Waals surface area contributed by atoms with Gasteiger partial charge in [0.2, 0.25) is 0 Å². The molecule has 3 aliphatic rings. The summed E-state index contributed by atoms with van der Waals surface area (Å²) >= 11 is 0. The van der Waals surface area contributed by atoms with E-state index in [1.165, 1.54) is 37.7 Å². The maximum absolute atomic E-state index is 9.46. The molecule has 0 spiro atoms. The van der Waals surface area contributed by atoms with Crippen molar-refractivity contribution in [3.8, 4) is 51.4 Å². The van der Waals surface area contributed by atoms with Crippen molar-refractivity contribution in [3.63, 3.8) is 0 Å². The molecule has 6 nitrogen and oxygen atoms in total. The standard InChI is InChI=1S/C51H40N4O2/c1-30-22-32-23-33(24-32)28-51(2,27-30)43-12-7-11-41-40-21-19-36(26-46(40)57-47(41)43)49-53-48(35-18-20-39-38-9-5-6-13-44(38)56-45(39)25-35)54-50(55-49)42-10-4-3-8-37(42)34-16-14-31(29-52)15-17-34/h3-21,25-26,30,32-33H,22-24,27-28H2,1-2H3/t30-,32?,33?,51?/m0/s1. The predicted molar refractivity (Wildman–Crippen MR) is 227 cm³/mol. The average molecular weight is 741 g/mol. The van der Waals surface area contributed by atoms with Gasteiger partial charge in [-0.1, -0.05) is 98.8 Å². The summed E-state index contributed by atoms with van der Waals surface area (Å²) in [6.07, 6.45) is 6.49. The lowest BCUT2D eigenvalue weighted by atomic mass is 9.58. The lowest BCUT2D eigenvalue weighted by Gasteiger charge is -2.47. The molecule has 3 saturated carbocycles. The van der Waals surface area contributed by atoms with Crippen molar-refractivity contribution in [1.29, 1.82) is 5.26 Å². The molecular formula is C51H40N4O2. The molecule has 3 fully saturated rings. The number of aromatic nitrogens is 3. The lowest BCUT2D eigenvalue weighted by molar-refractivity contribution is 0.0836. The Hall–Kier alpha value is -6.58. The minimum atomic E-state index is 0.0625. The molecule has 12 rings (SSSR count). The average Bonchev–Trinajstić information content (AvgIpc) is 3.79. The first-order valence-electron chi connectivity index (χ1n) is 20.1. The molecule has 0 radical (unpaired) electrons. The molecule has 9 aromatic rings. The molecule has 0 aliphatic heterocycles. The van der Waals surface area contributed by atoms with Crippen LogP contribution in [0.25, 0.3) is 89.2 Å². The summed E-state index contributed by atoms with van der Waals surface area (Å²) in [7, 11) is 0. The van der Waals surface area contributed by atoms with E-state index in [0.29, 0.717) is 29.0 Å². The third-order valence-corrected chi connectivity index (χ3v) is 12.8. The first kappa shape index (κ1) is 33.7. The van der Waals surface area contributed by atoms with Gasteiger partial charge in [-0.3, -0.25) is 0 Å². The summed E-state index contributed by atoms with van der Waals surface area (Å²) in [5.74, 6) is 4.07. The van der Waals surface area contributed by atoms with Crippen molar-refractivity contribution in [2.75, 3.05) is 0 Å². The fourth-order valence-electron chi connectivity index (χ4n) is 10.3. The molecule has 57 heavy (non-hydrogen) atoms. The van der Waals surface area contributed by atoms with Gasteiger partial charge in [0.05, 0.1) is 11.6 Å². The second-order valence-electron chi connectivity index (χ2n) is 16.9. The van der Waals surface area contributed by atoms with Crippen LogP contribution in [0.3, 0.4) is 0 Å². The predicted octanol–water partition coefficient (Wildman–Crippen LogP) is 13.3. The van der Waals surface area contributed by atoms with Gasteiger partial charge >= 0.3 is 0 Å². The van der Waals surface area contributed by atoms with E-state index in [-0.39, 0.29) is 5.41 Å². The number of benzene rings is 6. The fourth-order valence-corrected chi connectivity index (χ4v) is 10.3. The smallest absolute Gasteiger partial charge is 0.164 e. The molecule has 0 saturated heterocycles. The highest BCUT2D eigenvalue weighted by molar-refractivity contribution is 6.07. The maximum atomic E-state index is 9.46. The molecule has 0 amide bonds. The van der Waals surface area contributed by atoms with Crippen LogP contribution in [0.1, 0.15) is 57.1 Å². The molecular weight excluding hydrogens is 701 g/mol. The zero-order chi connectivity index (χ0) is 38.3. The Labute approximate surface area is 330 Å². The molecule has 2 atom stereocenters. The normalized spacial score (nSPS) is 20.7. The van der Waals surface area contributed by atoms with Gasteiger partial charge in [0.25, 0.3) is 0 Å². The Morgan fingerprint density at radius 1 is 0.561 bits per heavy atom. The summed E-state index contributed by atoms with van der Waals surface area (Å²) in [6, 6.07) is 45.3. The van der Waals surface area contributed by atoms with E-state index in [9.17, 15) is 5.26 Å². The molecule has 6 heteroatoms.